The summed E-state index contributed by atoms with van der Waals surface area (Å²) in [7, 11) is 0. The zero-order valence-corrected chi connectivity index (χ0v) is 12.6. The molecule has 19 heavy (non-hydrogen) atoms. The van der Waals surface area contributed by atoms with Gasteiger partial charge in [-0.3, -0.25) is 0 Å². The van der Waals surface area contributed by atoms with E-state index in [1.807, 2.05) is 0 Å². The average Bonchev–Trinajstić information content (AvgIpc) is 3.33. The maximum absolute atomic E-state index is 3.60. The molecule has 106 valence electrons. The first-order valence-electron chi connectivity index (χ1n) is 7.84. The summed E-state index contributed by atoms with van der Waals surface area (Å²) in [5, 5.41) is 8.03. The SMILES string of the molecule is c1cc(CCNCCN(CC2CC2)CC2CC2)cs1. The minimum Gasteiger partial charge on any atom is -0.315 e. The zero-order valence-electron chi connectivity index (χ0n) is 11.8. The quantitative estimate of drug-likeness (QED) is 0.662. The molecular formula is C16H26N2S. The van der Waals surface area contributed by atoms with Gasteiger partial charge in [-0.15, -0.1) is 0 Å². The van der Waals surface area contributed by atoms with Gasteiger partial charge in [0.1, 0.15) is 0 Å². The van der Waals surface area contributed by atoms with E-state index in [0.29, 0.717) is 0 Å². The highest BCUT2D eigenvalue weighted by Crippen LogP contribution is 2.33. The molecule has 2 aliphatic rings. The Morgan fingerprint density at radius 1 is 1.11 bits per heavy atom. The molecule has 0 radical (unpaired) electrons. The molecule has 2 fully saturated rings. The Labute approximate surface area is 121 Å². The van der Waals surface area contributed by atoms with Crippen LogP contribution in [0.2, 0.25) is 0 Å². The van der Waals surface area contributed by atoms with Crippen molar-refractivity contribution in [3.63, 3.8) is 0 Å². The van der Waals surface area contributed by atoms with E-state index < -0.39 is 0 Å². The normalized spacial score (nSPS) is 19.2. The highest BCUT2D eigenvalue weighted by molar-refractivity contribution is 7.07. The van der Waals surface area contributed by atoms with E-state index in [9.17, 15) is 0 Å². The lowest BCUT2D eigenvalue weighted by Crippen LogP contribution is -2.35. The third-order valence-electron chi connectivity index (χ3n) is 4.20. The third kappa shape index (κ3) is 5.25. The lowest BCUT2D eigenvalue weighted by Gasteiger charge is -2.22. The van der Waals surface area contributed by atoms with Gasteiger partial charge in [0.2, 0.25) is 0 Å². The van der Waals surface area contributed by atoms with Crippen LogP contribution in [0.4, 0.5) is 0 Å². The molecule has 1 N–H and O–H groups in total. The first-order valence-corrected chi connectivity index (χ1v) is 8.78. The minimum atomic E-state index is 1.03. The van der Waals surface area contributed by atoms with Crippen molar-refractivity contribution >= 4 is 11.3 Å². The highest BCUT2D eigenvalue weighted by Gasteiger charge is 2.28. The topological polar surface area (TPSA) is 15.3 Å². The molecule has 0 unspecified atom stereocenters. The molecule has 1 aromatic rings. The zero-order chi connectivity index (χ0) is 12.9. The first-order chi connectivity index (χ1) is 9.40. The molecule has 2 aliphatic carbocycles. The van der Waals surface area contributed by atoms with Crippen molar-refractivity contribution in [1.82, 2.24) is 10.2 Å². The van der Waals surface area contributed by atoms with Crippen LogP contribution in [-0.2, 0) is 6.42 Å². The number of nitrogens with zero attached hydrogens (tertiary/aromatic N) is 1. The number of thiophene rings is 1. The van der Waals surface area contributed by atoms with E-state index in [1.54, 1.807) is 11.3 Å². The molecular weight excluding hydrogens is 252 g/mol. The lowest BCUT2D eigenvalue weighted by molar-refractivity contribution is 0.252. The summed E-state index contributed by atoms with van der Waals surface area (Å²) >= 11 is 1.80. The first kappa shape index (κ1) is 13.6. The molecule has 0 atom stereocenters. The highest BCUT2D eigenvalue weighted by atomic mass is 32.1. The Morgan fingerprint density at radius 3 is 2.42 bits per heavy atom. The average molecular weight is 278 g/mol. The number of rotatable bonds is 10. The molecule has 3 heteroatoms. The van der Waals surface area contributed by atoms with Gasteiger partial charge in [0, 0.05) is 26.2 Å². The molecule has 2 saturated carbocycles. The number of hydrogen-bond donors (Lipinski definition) is 1. The molecule has 2 nitrogen and oxygen atoms in total. The summed E-state index contributed by atoms with van der Waals surface area (Å²) in [6.45, 7) is 6.25. The molecule has 3 rings (SSSR count). The van der Waals surface area contributed by atoms with Crippen molar-refractivity contribution in [2.45, 2.75) is 32.1 Å². The standard InChI is InChI=1S/C16H26N2S/c1-2-14(1)11-18(12-15-3-4-15)9-8-17-7-5-16-6-10-19-13-16/h6,10,13-15,17H,1-5,7-9,11-12H2. The Morgan fingerprint density at radius 2 is 1.84 bits per heavy atom. The van der Waals surface area contributed by atoms with Gasteiger partial charge in [-0.1, -0.05) is 0 Å². The summed E-state index contributed by atoms with van der Waals surface area (Å²) in [5.74, 6) is 2.06. The van der Waals surface area contributed by atoms with Gasteiger partial charge >= 0.3 is 0 Å². The van der Waals surface area contributed by atoms with Crippen LogP contribution in [0, 0.1) is 11.8 Å². The van der Waals surface area contributed by atoms with Crippen LogP contribution in [0.5, 0.6) is 0 Å². The molecule has 0 amide bonds. The van der Waals surface area contributed by atoms with Crippen molar-refractivity contribution in [3.8, 4) is 0 Å². The van der Waals surface area contributed by atoms with Crippen LogP contribution < -0.4 is 5.32 Å². The van der Waals surface area contributed by atoms with E-state index in [-0.39, 0.29) is 0 Å². The molecule has 0 saturated heterocycles. The second-order valence-corrected chi connectivity index (χ2v) is 7.06. The Hall–Kier alpha value is -0.380. The van der Waals surface area contributed by atoms with Gasteiger partial charge in [0.25, 0.3) is 0 Å². The minimum absolute atomic E-state index is 1.03. The van der Waals surface area contributed by atoms with E-state index in [4.69, 9.17) is 0 Å². The summed E-state index contributed by atoms with van der Waals surface area (Å²) < 4.78 is 0. The summed E-state index contributed by atoms with van der Waals surface area (Å²) in [6.07, 6.45) is 7.09. The van der Waals surface area contributed by atoms with E-state index in [0.717, 1.165) is 24.9 Å². The fourth-order valence-electron chi connectivity index (χ4n) is 2.62. The Balaban J connectivity index is 1.27. The molecule has 0 bridgehead atoms. The number of hydrogen-bond acceptors (Lipinski definition) is 3. The predicted octanol–water partition coefficient (Wildman–Crippen LogP) is 3.00. The third-order valence-corrected chi connectivity index (χ3v) is 4.93. The van der Waals surface area contributed by atoms with Gasteiger partial charge in [0.15, 0.2) is 0 Å². The van der Waals surface area contributed by atoms with Crippen LogP contribution >= 0.6 is 11.3 Å². The van der Waals surface area contributed by atoms with E-state index in [1.165, 1.54) is 57.3 Å². The summed E-state index contributed by atoms with van der Waals surface area (Å²) in [4.78, 5) is 2.72. The van der Waals surface area contributed by atoms with Crippen molar-refractivity contribution in [2.75, 3.05) is 32.7 Å². The Bertz CT molecular complexity index is 341. The summed E-state index contributed by atoms with van der Waals surface area (Å²) in [5.41, 5.74) is 1.48. The van der Waals surface area contributed by atoms with Crippen LogP contribution in [0.15, 0.2) is 16.8 Å². The second kappa shape index (κ2) is 6.87. The fraction of sp³-hybridized carbons (Fsp3) is 0.750. The van der Waals surface area contributed by atoms with Crippen LogP contribution in [0.1, 0.15) is 31.2 Å². The van der Waals surface area contributed by atoms with Crippen molar-refractivity contribution in [2.24, 2.45) is 11.8 Å². The molecule has 0 spiro atoms. The van der Waals surface area contributed by atoms with Gasteiger partial charge < -0.3 is 10.2 Å². The van der Waals surface area contributed by atoms with Crippen molar-refractivity contribution in [3.05, 3.63) is 22.4 Å². The second-order valence-electron chi connectivity index (χ2n) is 6.28. The lowest BCUT2D eigenvalue weighted by atomic mass is 10.2. The van der Waals surface area contributed by atoms with Gasteiger partial charge in [0.05, 0.1) is 0 Å². The molecule has 1 aromatic heterocycles. The van der Waals surface area contributed by atoms with Gasteiger partial charge in [-0.2, -0.15) is 11.3 Å². The van der Waals surface area contributed by atoms with E-state index >= 15 is 0 Å². The van der Waals surface area contributed by atoms with E-state index in [2.05, 4.69) is 27.0 Å². The van der Waals surface area contributed by atoms with Gasteiger partial charge in [-0.05, 0) is 72.9 Å². The molecule has 0 aliphatic heterocycles. The maximum Gasteiger partial charge on any atom is 0.0107 e. The maximum atomic E-state index is 3.60. The Kier molecular flexibility index (Phi) is 4.91. The summed E-state index contributed by atoms with van der Waals surface area (Å²) in [6, 6.07) is 2.23. The van der Waals surface area contributed by atoms with Crippen LogP contribution in [0.25, 0.3) is 0 Å². The molecule has 1 heterocycles. The van der Waals surface area contributed by atoms with Crippen molar-refractivity contribution in [1.29, 1.82) is 0 Å². The van der Waals surface area contributed by atoms with Crippen LogP contribution in [0.3, 0.4) is 0 Å². The number of nitrogens with one attached hydrogen (secondary N) is 1. The predicted molar refractivity (Wildman–Crippen MR) is 82.8 cm³/mol. The molecule has 0 aromatic carbocycles. The fourth-order valence-corrected chi connectivity index (χ4v) is 3.32. The van der Waals surface area contributed by atoms with Crippen LogP contribution in [-0.4, -0.2) is 37.6 Å². The largest absolute Gasteiger partial charge is 0.315 e. The van der Waals surface area contributed by atoms with Crippen molar-refractivity contribution < 1.29 is 0 Å². The monoisotopic (exact) mass is 278 g/mol. The smallest absolute Gasteiger partial charge is 0.0107 e. The van der Waals surface area contributed by atoms with Gasteiger partial charge in [-0.25, -0.2) is 0 Å².